The average Bonchev–Trinajstić information content (AvgIpc) is 3.35. The van der Waals surface area contributed by atoms with Crippen LogP contribution in [0, 0.1) is 0 Å². The first kappa shape index (κ1) is 20.0. The number of thiophene rings is 1. The van der Waals surface area contributed by atoms with E-state index in [2.05, 4.69) is 18.3 Å². The third kappa shape index (κ3) is 5.16. The number of carbonyl (C=O) groups is 1. The van der Waals surface area contributed by atoms with Crippen LogP contribution in [0.2, 0.25) is 0 Å². The Balaban J connectivity index is 1.64. The van der Waals surface area contributed by atoms with Crippen molar-refractivity contribution in [1.82, 2.24) is 4.31 Å². The number of likely N-dealkylation sites (N-methyl/N-ethyl adjacent to an activating group) is 1. The summed E-state index contributed by atoms with van der Waals surface area (Å²) in [7, 11) is -3.48. The van der Waals surface area contributed by atoms with E-state index >= 15 is 0 Å². The van der Waals surface area contributed by atoms with Gasteiger partial charge in [0.2, 0.25) is 10.0 Å². The van der Waals surface area contributed by atoms with Crippen molar-refractivity contribution in [2.75, 3.05) is 31.5 Å². The summed E-state index contributed by atoms with van der Waals surface area (Å²) in [5.74, 6) is -0.112. The van der Waals surface area contributed by atoms with Gasteiger partial charge in [0.1, 0.15) is 6.54 Å². The Morgan fingerprint density at radius 1 is 1.22 bits per heavy atom. The van der Waals surface area contributed by atoms with Crippen LogP contribution < -0.4 is 10.2 Å². The topological polar surface area (TPSA) is 70.9 Å². The van der Waals surface area contributed by atoms with Gasteiger partial charge in [-0.25, -0.2) is 8.42 Å². The number of hydrogen-bond acceptors (Lipinski definition) is 4. The van der Waals surface area contributed by atoms with Gasteiger partial charge in [-0.1, -0.05) is 12.1 Å². The van der Waals surface area contributed by atoms with E-state index in [1.165, 1.54) is 9.18 Å². The minimum Gasteiger partial charge on any atom is -0.323 e. The van der Waals surface area contributed by atoms with Crippen LogP contribution in [0.3, 0.4) is 0 Å². The number of quaternary nitrogens is 1. The zero-order chi connectivity index (χ0) is 19.3. The monoisotopic (exact) mass is 408 g/mol. The van der Waals surface area contributed by atoms with Crippen LogP contribution in [0.15, 0.2) is 46.7 Å². The Morgan fingerprint density at radius 2 is 2.00 bits per heavy atom. The zero-order valence-electron chi connectivity index (χ0n) is 15.5. The molecule has 3 rings (SSSR count). The van der Waals surface area contributed by atoms with Gasteiger partial charge in [-0.3, -0.25) is 4.79 Å². The van der Waals surface area contributed by atoms with E-state index in [0.29, 0.717) is 25.3 Å². The summed E-state index contributed by atoms with van der Waals surface area (Å²) < 4.78 is 26.9. The molecule has 0 spiro atoms. The average molecular weight is 409 g/mol. The van der Waals surface area contributed by atoms with Crippen molar-refractivity contribution in [2.24, 2.45) is 0 Å². The SMILES string of the molecule is CC[NH+](CC(=O)Nc1cccc(S(=O)(=O)N2CCCC2)c1)Cc1cccs1. The lowest BCUT2D eigenvalue weighted by molar-refractivity contribution is -0.903. The van der Waals surface area contributed by atoms with Crippen LogP contribution in [0.1, 0.15) is 24.6 Å². The van der Waals surface area contributed by atoms with Crippen molar-refractivity contribution in [3.63, 3.8) is 0 Å². The van der Waals surface area contributed by atoms with Crippen molar-refractivity contribution in [1.29, 1.82) is 0 Å². The van der Waals surface area contributed by atoms with E-state index < -0.39 is 10.0 Å². The number of rotatable bonds is 8. The van der Waals surface area contributed by atoms with Crippen LogP contribution in [0.5, 0.6) is 0 Å². The van der Waals surface area contributed by atoms with Gasteiger partial charge < -0.3 is 10.2 Å². The molecule has 0 radical (unpaired) electrons. The Labute approximate surface area is 164 Å². The molecule has 2 aromatic rings. The lowest BCUT2D eigenvalue weighted by atomic mass is 10.3. The van der Waals surface area contributed by atoms with E-state index in [1.54, 1.807) is 35.6 Å². The van der Waals surface area contributed by atoms with Crippen LogP contribution in [-0.2, 0) is 21.4 Å². The first-order valence-corrected chi connectivity index (χ1v) is 11.6. The van der Waals surface area contributed by atoms with Crippen molar-refractivity contribution in [2.45, 2.75) is 31.2 Å². The largest absolute Gasteiger partial charge is 0.323 e. The fourth-order valence-corrected chi connectivity index (χ4v) is 5.56. The molecule has 6 nitrogen and oxygen atoms in total. The summed E-state index contributed by atoms with van der Waals surface area (Å²) in [5.41, 5.74) is 0.520. The molecule has 1 aromatic heterocycles. The molecule has 0 aliphatic carbocycles. The first-order valence-electron chi connectivity index (χ1n) is 9.25. The molecule has 8 heteroatoms. The minimum atomic E-state index is -3.48. The van der Waals surface area contributed by atoms with Gasteiger partial charge in [0.25, 0.3) is 5.91 Å². The summed E-state index contributed by atoms with van der Waals surface area (Å²) in [4.78, 5) is 15.1. The van der Waals surface area contributed by atoms with E-state index in [4.69, 9.17) is 0 Å². The highest BCUT2D eigenvalue weighted by atomic mass is 32.2. The molecule has 1 fully saturated rings. The maximum absolute atomic E-state index is 12.7. The van der Waals surface area contributed by atoms with E-state index in [1.807, 2.05) is 11.4 Å². The van der Waals surface area contributed by atoms with Crippen molar-refractivity contribution in [3.05, 3.63) is 46.7 Å². The van der Waals surface area contributed by atoms with E-state index in [-0.39, 0.29) is 10.8 Å². The van der Waals surface area contributed by atoms with Crippen LogP contribution in [-0.4, -0.2) is 44.8 Å². The van der Waals surface area contributed by atoms with Gasteiger partial charge in [-0.15, -0.1) is 11.3 Å². The fourth-order valence-electron chi connectivity index (χ4n) is 3.22. The Kier molecular flexibility index (Phi) is 6.64. The Bertz CT molecular complexity index is 860. The Morgan fingerprint density at radius 3 is 2.67 bits per heavy atom. The van der Waals surface area contributed by atoms with Gasteiger partial charge in [-0.05, 0) is 49.4 Å². The third-order valence-electron chi connectivity index (χ3n) is 4.74. The fraction of sp³-hybridized carbons (Fsp3) is 0.421. The highest BCUT2D eigenvalue weighted by Crippen LogP contribution is 2.23. The molecule has 2 N–H and O–H groups in total. The normalized spacial score (nSPS) is 16.3. The van der Waals surface area contributed by atoms with Gasteiger partial charge in [0.05, 0.1) is 16.3 Å². The molecular weight excluding hydrogens is 382 g/mol. The highest BCUT2D eigenvalue weighted by Gasteiger charge is 2.27. The Hall–Kier alpha value is -1.74. The molecule has 27 heavy (non-hydrogen) atoms. The molecule has 2 heterocycles. The summed E-state index contributed by atoms with van der Waals surface area (Å²) >= 11 is 1.69. The summed E-state index contributed by atoms with van der Waals surface area (Å²) in [6.45, 7) is 5.18. The molecule has 1 aromatic carbocycles. The molecule has 1 unspecified atom stereocenters. The number of benzene rings is 1. The number of nitrogens with one attached hydrogen (secondary N) is 2. The van der Waals surface area contributed by atoms with E-state index in [0.717, 1.165) is 30.8 Å². The molecule has 1 saturated heterocycles. The lowest BCUT2D eigenvalue weighted by Crippen LogP contribution is -3.11. The van der Waals surface area contributed by atoms with Gasteiger partial charge in [-0.2, -0.15) is 4.31 Å². The highest BCUT2D eigenvalue weighted by molar-refractivity contribution is 7.89. The zero-order valence-corrected chi connectivity index (χ0v) is 17.1. The molecule has 146 valence electrons. The number of hydrogen-bond donors (Lipinski definition) is 2. The van der Waals surface area contributed by atoms with Gasteiger partial charge >= 0.3 is 0 Å². The first-order chi connectivity index (χ1) is 13.0. The van der Waals surface area contributed by atoms with Crippen LogP contribution >= 0.6 is 11.3 Å². The smallest absolute Gasteiger partial charge is 0.279 e. The van der Waals surface area contributed by atoms with Gasteiger partial charge in [0, 0.05) is 18.8 Å². The maximum atomic E-state index is 12.7. The molecule has 1 aliphatic rings. The maximum Gasteiger partial charge on any atom is 0.279 e. The second kappa shape index (κ2) is 8.97. The summed E-state index contributed by atoms with van der Waals surface area (Å²) in [6.07, 6.45) is 1.80. The number of anilines is 1. The second-order valence-electron chi connectivity index (χ2n) is 6.72. The standard InChI is InChI=1S/C19H25N3O3S2/c1-2-21(14-17-8-6-12-26-17)15-19(23)20-16-7-5-9-18(13-16)27(24,25)22-10-3-4-11-22/h5-9,12-13H,2-4,10-11,14-15H2,1H3,(H,20,23)/p+1. The van der Waals surface area contributed by atoms with Gasteiger partial charge in [0.15, 0.2) is 6.54 Å². The van der Waals surface area contributed by atoms with Crippen molar-refractivity contribution in [3.8, 4) is 0 Å². The molecule has 1 amide bonds. The number of carbonyl (C=O) groups excluding carboxylic acids is 1. The molecule has 1 atom stereocenters. The molecular formula is C19H26N3O3S2+. The number of amides is 1. The minimum absolute atomic E-state index is 0.112. The number of sulfonamides is 1. The quantitative estimate of drug-likeness (QED) is 0.697. The molecule has 0 saturated carbocycles. The third-order valence-corrected chi connectivity index (χ3v) is 7.51. The van der Waals surface area contributed by atoms with Crippen molar-refractivity contribution < 1.29 is 18.1 Å². The number of nitrogens with zero attached hydrogens (tertiary/aromatic N) is 1. The van der Waals surface area contributed by atoms with Crippen LogP contribution in [0.25, 0.3) is 0 Å². The second-order valence-corrected chi connectivity index (χ2v) is 9.69. The molecule has 0 bridgehead atoms. The lowest BCUT2D eigenvalue weighted by Gasteiger charge is -2.18. The molecule has 1 aliphatic heterocycles. The summed E-state index contributed by atoms with van der Waals surface area (Å²) in [5, 5.41) is 4.89. The van der Waals surface area contributed by atoms with Crippen LogP contribution in [0.4, 0.5) is 5.69 Å². The van der Waals surface area contributed by atoms with E-state index in [9.17, 15) is 13.2 Å². The predicted molar refractivity (Wildman–Crippen MR) is 107 cm³/mol. The predicted octanol–water partition coefficient (Wildman–Crippen LogP) is 1.58. The summed E-state index contributed by atoms with van der Waals surface area (Å²) in [6, 6.07) is 10.6. The van der Waals surface area contributed by atoms with Crippen molar-refractivity contribution >= 4 is 33.0 Å².